The third kappa shape index (κ3) is 1.90. The van der Waals surface area contributed by atoms with E-state index in [0.29, 0.717) is 22.5 Å². The third-order valence-electron chi connectivity index (χ3n) is 3.42. The standard InChI is InChI=1S/C15H9N3O3/c16-5-8-1-3-9(4-2-8)12-10(6-17)14(18)21-11-7-20-15(19)13(11)12/h1-4,12H,7,18H2. The Morgan fingerprint density at radius 2 is 1.90 bits per heavy atom. The highest BCUT2D eigenvalue weighted by Gasteiger charge is 2.41. The Morgan fingerprint density at radius 1 is 1.19 bits per heavy atom. The summed E-state index contributed by atoms with van der Waals surface area (Å²) < 4.78 is 10.3. The van der Waals surface area contributed by atoms with E-state index in [4.69, 9.17) is 20.5 Å². The van der Waals surface area contributed by atoms with Gasteiger partial charge in [-0.05, 0) is 17.7 Å². The molecule has 0 aromatic heterocycles. The molecule has 2 heterocycles. The molecule has 2 N–H and O–H groups in total. The first-order valence-corrected chi connectivity index (χ1v) is 6.13. The predicted octanol–water partition coefficient (Wildman–Crippen LogP) is 1.18. The minimum atomic E-state index is -0.624. The summed E-state index contributed by atoms with van der Waals surface area (Å²) in [5, 5.41) is 18.1. The fourth-order valence-electron chi connectivity index (χ4n) is 2.44. The van der Waals surface area contributed by atoms with Crippen LogP contribution in [0, 0.1) is 22.7 Å². The van der Waals surface area contributed by atoms with Crippen LogP contribution >= 0.6 is 0 Å². The number of carbonyl (C=O) groups is 1. The van der Waals surface area contributed by atoms with Crippen LogP contribution in [-0.2, 0) is 14.3 Å². The highest BCUT2D eigenvalue weighted by atomic mass is 16.6. The number of cyclic esters (lactones) is 1. The van der Waals surface area contributed by atoms with E-state index in [1.807, 2.05) is 12.1 Å². The second-order valence-corrected chi connectivity index (χ2v) is 4.57. The molecule has 0 aliphatic carbocycles. The predicted molar refractivity (Wildman–Crippen MR) is 69.8 cm³/mol. The van der Waals surface area contributed by atoms with Gasteiger partial charge in [0.05, 0.1) is 23.1 Å². The average molecular weight is 279 g/mol. The lowest BCUT2D eigenvalue weighted by atomic mass is 9.83. The Bertz CT molecular complexity index is 776. The van der Waals surface area contributed by atoms with Crippen molar-refractivity contribution in [1.82, 2.24) is 0 Å². The molecule has 1 atom stereocenters. The summed E-state index contributed by atoms with van der Waals surface area (Å²) in [4.78, 5) is 11.9. The van der Waals surface area contributed by atoms with Gasteiger partial charge in [-0.15, -0.1) is 0 Å². The molecule has 21 heavy (non-hydrogen) atoms. The molecular formula is C15H9N3O3. The smallest absolute Gasteiger partial charge is 0.339 e. The quantitative estimate of drug-likeness (QED) is 0.773. The van der Waals surface area contributed by atoms with Crippen LogP contribution in [0.5, 0.6) is 0 Å². The van der Waals surface area contributed by atoms with Crippen LogP contribution in [0.1, 0.15) is 17.0 Å². The van der Waals surface area contributed by atoms with Gasteiger partial charge in [-0.2, -0.15) is 10.5 Å². The Morgan fingerprint density at radius 3 is 2.52 bits per heavy atom. The molecule has 1 aromatic rings. The monoisotopic (exact) mass is 279 g/mol. The maximum absolute atomic E-state index is 11.9. The number of hydrogen-bond donors (Lipinski definition) is 1. The van der Waals surface area contributed by atoms with Crippen molar-refractivity contribution < 1.29 is 14.3 Å². The Kier molecular flexibility index (Phi) is 2.85. The first kappa shape index (κ1) is 12.8. The lowest BCUT2D eigenvalue weighted by Crippen LogP contribution is -2.21. The van der Waals surface area contributed by atoms with Gasteiger partial charge in [-0.25, -0.2) is 4.79 Å². The molecule has 3 rings (SSSR count). The van der Waals surface area contributed by atoms with Crippen molar-refractivity contribution in [2.75, 3.05) is 6.61 Å². The second-order valence-electron chi connectivity index (χ2n) is 4.57. The molecule has 2 aliphatic rings. The van der Waals surface area contributed by atoms with Crippen molar-refractivity contribution in [3.8, 4) is 12.1 Å². The van der Waals surface area contributed by atoms with Crippen LogP contribution in [0.4, 0.5) is 0 Å². The van der Waals surface area contributed by atoms with Crippen molar-refractivity contribution in [3.63, 3.8) is 0 Å². The fourth-order valence-corrected chi connectivity index (χ4v) is 2.44. The van der Waals surface area contributed by atoms with E-state index >= 15 is 0 Å². The zero-order valence-electron chi connectivity index (χ0n) is 10.8. The minimum Gasteiger partial charge on any atom is -0.454 e. The van der Waals surface area contributed by atoms with Gasteiger partial charge in [0.15, 0.2) is 5.76 Å². The summed E-state index contributed by atoms with van der Waals surface area (Å²) in [5.41, 5.74) is 7.39. The number of carbonyl (C=O) groups excluding carboxylic acids is 1. The highest BCUT2D eigenvalue weighted by molar-refractivity contribution is 5.94. The van der Waals surface area contributed by atoms with Gasteiger partial charge in [0.25, 0.3) is 0 Å². The van der Waals surface area contributed by atoms with Crippen LogP contribution in [0.2, 0.25) is 0 Å². The molecule has 0 amide bonds. The summed E-state index contributed by atoms with van der Waals surface area (Å²) in [5.74, 6) is -0.823. The Balaban J connectivity index is 2.14. The molecule has 1 unspecified atom stereocenters. The normalized spacial score (nSPS) is 20.3. The number of benzene rings is 1. The topological polar surface area (TPSA) is 109 Å². The summed E-state index contributed by atoms with van der Waals surface area (Å²) >= 11 is 0. The molecule has 2 aliphatic heterocycles. The fraction of sp³-hybridized carbons (Fsp3) is 0.133. The number of nitriles is 2. The zero-order valence-corrected chi connectivity index (χ0v) is 10.8. The zero-order chi connectivity index (χ0) is 15.0. The van der Waals surface area contributed by atoms with Crippen molar-refractivity contribution in [2.45, 2.75) is 5.92 Å². The van der Waals surface area contributed by atoms with E-state index in [1.165, 1.54) is 0 Å². The summed E-state index contributed by atoms with van der Waals surface area (Å²) in [6.07, 6.45) is 0. The number of rotatable bonds is 1. The van der Waals surface area contributed by atoms with Crippen LogP contribution in [0.15, 0.2) is 47.1 Å². The third-order valence-corrected chi connectivity index (χ3v) is 3.42. The van der Waals surface area contributed by atoms with Gasteiger partial charge in [0.1, 0.15) is 18.2 Å². The van der Waals surface area contributed by atoms with Gasteiger partial charge in [0, 0.05) is 0 Å². The number of ether oxygens (including phenoxy) is 2. The van der Waals surface area contributed by atoms with Gasteiger partial charge in [-0.3, -0.25) is 0 Å². The van der Waals surface area contributed by atoms with Crippen LogP contribution in [0.3, 0.4) is 0 Å². The average Bonchev–Trinajstić information content (AvgIpc) is 2.87. The Labute approximate surface area is 120 Å². The number of hydrogen-bond acceptors (Lipinski definition) is 6. The van der Waals surface area contributed by atoms with Crippen LogP contribution < -0.4 is 5.73 Å². The van der Waals surface area contributed by atoms with Crippen molar-refractivity contribution in [2.24, 2.45) is 5.73 Å². The largest absolute Gasteiger partial charge is 0.454 e. The van der Waals surface area contributed by atoms with Gasteiger partial charge >= 0.3 is 5.97 Å². The summed E-state index contributed by atoms with van der Waals surface area (Å²) in [6.45, 7) is 0.0142. The van der Waals surface area contributed by atoms with E-state index < -0.39 is 11.9 Å². The molecule has 0 bridgehead atoms. The molecule has 6 nitrogen and oxygen atoms in total. The lowest BCUT2D eigenvalue weighted by molar-refractivity contribution is -0.136. The van der Waals surface area contributed by atoms with E-state index in [9.17, 15) is 10.1 Å². The molecule has 0 saturated carbocycles. The SMILES string of the molecule is N#CC1=C(N)OC2=C(C(=O)OC2)C1c1ccc(C#N)cc1. The summed E-state index contributed by atoms with van der Waals surface area (Å²) in [7, 11) is 0. The highest BCUT2D eigenvalue weighted by Crippen LogP contribution is 2.41. The number of nitrogens with two attached hydrogens (primary N) is 1. The first-order chi connectivity index (χ1) is 10.2. The number of allylic oxidation sites excluding steroid dienone is 1. The van der Waals surface area contributed by atoms with E-state index in [1.54, 1.807) is 24.3 Å². The lowest BCUT2D eigenvalue weighted by Gasteiger charge is -2.23. The molecule has 0 radical (unpaired) electrons. The maximum Gasteiger partial charge on any atom is 0.339 e. The minimum absolute atomic E-state index is 0.0142. The van der Waals surface area contributed by atoms with E-state index in [-0.39, 0.29) is 18.1 Å². The molecule has 0 spiro atoms. The van der Waals surface area contributed by atoms with Crippen molar-refractivity contribution in [1.29, 1.82) is 10.5 Å². The summed E-state index contributed by atoms with van der Waals surface area (Å²) in [6, 6.07) is 10.6. The van der Waals surface area contributed by atoms with E-state index in [2.05, 4.69) is 0 Å². The Hall–Kier alpha value is -3.25. The van der Waals surface area contributed by atoms with Gasteiger partial charge in [0.2, 0.25) is 5.88 Å². The molecular weight excluding hydrogens is 270 g/mol. The molecule has 6 heteroatoms. The van der Waals surface area contributed by atoms with Gasteiger partial charge in [-0.1, -0.05) is 12.1 Å². The number of esters is 1. The number of nitrogens with zero attached hydrogens (tertiary/aromatic N) is 2. The second kappa shape index (κ2) is 4.69. The van der Waals surface area contributed by atoms with Crippen LogP contribution in [-0.4, -0.2) is 12.6 Å². The van der Waals surface area contributed by atoms with Crippen molar-refractivity contribution in [3.05, 3.63) is 58.2 Å². The van der Waals surface area contributed by atoms with Crippen molar-refractivity contribution >= 4 is 5.97 Å². The molecule has 0 saturated heterocycles. The molecule has 102 valence electrons. The van der Waals surface area contributed by atoms with Crippen LogP contribution in [0.25, 0.3) is 0 Å². The molecule has 0 fully saturated rings. The van der Waals surface area contributed by atoms with Gasteiger partial charge < -0.3 is 15.2 Å². The molecule has 1 aromatic carbocycles. The van der Waals surface area contributed by atoms with E-state index in [0.717, 1.165) is 0 Å². The first-order valence-electron chi connectivity index (χ1n) is 6.13. The maximum atomic E-state index is 11.9.